The number of aromatic amines is 1. The van der Waals surface area contributed by atoms with Crippen LogP contribution in [0, 0.1) is 11.3 Å². The van der Waals surface area contributed by atoms with Crippen molar-refractivity contribution in [3.8, 4) is 11.8 Å². The number of ether oxygens (including phenoxy) is 1. The van der Waals surface area contributed by atoms with E-state index in [9.17, 15) is 5.26 Å². The maximum absolute atomic E-state index is 9.74. The Morgan fingerprint density at radius 1 is 1.13 bits per heavy atom. The van der Waals surface area contributed by atoms with Crippen LogP contribution in [-0.4, -0.2) is 9.97 Å². The van der Waals surface area contributed by atoms with E-state index in [1.807, 2.05) is 48.5 Å². The van der Waals surface area contributed by atoms with E-state index >= 15 is 0 Å². The van der Waals surface area contributed by atoms with Crippen LogP contribution in [-0.2, 0) is 6.61 Å². The van der Waals surface area contributed by atoms with Crippen LogP contribution in [0.3, 0.4) is 0 Å². The van der Waals surface area contributed by atoms with Crippen molar-refractivity contribution >= 4 is 61.8 Å². The minimum atomic E-state index is 0.269. The molecule has 148 valence electrons. The monoisotopic (exact) mass is 497 g/mol. The number of aromatic nitrogens is 2. The number of hydrogen-bond acceptors (Lipinski definition) is 3. The van der Waals surface area contributed by atoms with Crippen LogP contribution < -0.4 is 4.74 Å². The topological polar surface area (TPSA) is 61.7 Å². The van der Waals surface area contributed by atoms with E-state index in [1.54, 1.807) is 18.2 Å². The molecule has 0 fully saturated rings. The second-order valence-corrected chi connectivity index (χ2v) is 8.24. The standard InChI is InChI=1S/C23H14BrCl2N3O/c24-17-6-8-22(30-13-14-5-7-18(25)11-19(14)26)15(10-17)9-16(12-27)23-28-20-3-1-2-4-21(20)29-23/h1-11H,13H2,(H,28,29). The Morgan fingerprint density at radius 3 is 2.73 bits per heavy atom. The molecule has 0 aliphatic heterocycles. The average molecular weight is 499 g/mol. The highest BCUT2D eigenvalue weighted by atomic mass is 79.9. The largest absolute Gasteiger partial charge is 0.488 e. The fraction of sp³-hybridized carbons (Fsp3) is 0.0435. The normalized spacial score (nSPS) is 11.5. The van der Waals surface area contributed by atoms with Gasteiger partial charge in [0, 0.05) is 25.6 Å². The van der Waals surface area contributed by atoms with Gasteiger partial charge in [0.15, 0.2) is 0 Å². The van der Waals surface area contributed by atoms with E-state index in [0.29, 0.717) is 27.2 Å². The second kappa shape index (κ2) is 8.93. The van der Waals surface area contributed by atoms with E-state index in [4.69, 9.17) is 27.9 Å². The number of nitrogens with one attached hydrogen (secondary N) is 1. The van der Waals surface area contributed by atoms with Crippen LogP contribution in [0.25, 0.3) is 22.7 Å². The molecule has 4 rings (SSSR count). The summed E-state index contributed by atoms with van der Waals surface area (Å²) in [6.45, 7) is 0.269. The molecule has 0 unspecified atom stereocenters. The molecule has 0 spiro atoms. The van der Waals surface area contributed by atoms with Gasteiger partial charge >= 0.3 is 0 Å². The maximum atomic E-state index is 9.74. The lowest BCUT2D eigenvalue weighted by Crippen LogP contribution is -1.98. The number of allylic oxidation sites excluding steroid dienone is 1. The summed E-state index contributed by atoms with van der Waals surface area (Å²) in [5.74, 6) is 1.12. The van der Waals surface area contributed by atoms with Crippen molar-refractivity contribution in [2.24, 2.45) is 0 Å². The Hall–Kier alpha value is -2.78. The molecule has 0 atom stereocenters. The molecule has 4 aromatic rings. The predicted octanol–water partition coefficient (Wildman–Crippen LogP) is 7.28. The van der Waals surface area contributed by atoms with Crippen molar-refractivity contribution in [2.45, 2.75) is 6.61 Å². The molecule has 3 aromatic carbocycles. The Labute approximate surface area is 191 Å². The molecule has 30 heavy (non-hydrogen) atoms. The van der Waals surface area contributed by atoms with Gasteiger partial charge in [0.1, 0.15) is 24.3 Å². The number of hydrogen-bond donors (Lipinski definition) is 1. The molecular weight excluding hydrogens is 485 g/mol. The van der Waals surface area contributed by atoms with Gasteiger partial charge in [-0.15, -0.1) is 0 Å². The van der Waals surface area contributed by atoms with Gasteiger partial charge < -0.3 is 9.72 Å². The lowest BCUT2D eigenvalue weighted by atomic mass is 10.1. The van der Waals surface area contributed by atoms with Gasteiger partial charge in [0.2, 0.25) is 0 Å². The van der Waals surface area contributed by atoms with Crippen molar-refractivity contribution in [1.29, 1.82) is 5.26 Å². The van der Waals surface area contributed by atoms with Gasteiger partial charge in [-0.05, 0) is 48.5 Å². The van der Waals surface area contributed by atoms with Gasteiger partial charge in [-0.25, -0.2) is 4.98 Å². The first-order valence-electron chi connectivity index (χ1n) is 8.96. The number of rotatable bonds is 5. The Kier molecular flexibility index (Phi) is 6.10. The summed E-state index contributed by atoms with van der Waals surface area (Å²) in [7, 11) is 0. The van der Waals surface area contributed by atoms with Gasteiger partial charge in [-0.2, -0.15) is 5.26 Å². The number of halogens is 3. The molecule has 0 aliphatic rings. The zero-order valence-corrected chi connectivity index (χ0v) is 18.6. The number of nitriles is 1. The SMILES string of the molecule is N#CC(=Cc1cc(Br)ccc1OCc1ccc(Cl)cc1Cl)c1nc2ccccc2[nH]1. The van der Waals surface area contributed by atoms with E-state index < -0.39 is 0 Å². The van der Waals surface area contributed by atoms with Crippen LogP contribution in [0.2, 0.25) is 10.0 Å². The van der Waals surface area contributed by atoms with E-state index in [-0.39, 0.29) is 6.61 Å². The summed E-state index contributed by atoms with van der Waals surface area (Å²) >= 11 is 15.7. The van der Waals surface area contributed by atoms with Crippen molar-refractivity contribution in [1.82, 2.24) is 9.97 Å². The van der Waals surface area contributed by atoms with Crippen LogP contribution in [0.15, 0.2) is 65.1 Å². The molecule has 0 amide bonds. The van der Waals surface area contributed by atoms with Crippen molar-refractivity contribution < 1.29 is 4.74 Å². The summed E-state index contributed by atoms with van der Waals surface area (Å²) in [6.07, 6.45) is 1.75. The van der Waals surface area contributed by atoms with Crippen molar-refractivity contribution in [3.63, 3.8) is 0 Å². The van der Waals surface area contributed by atoms with Crippen LogP contribution in [0.5, 0.6) is 5.75 Å². The van der Waals surface area contributed by atoms with Crippen molar-refractivity contribution in [3.05, 3.63) is 92.1 Å². The van der Waals surface area contributed by atoms with Crippen LogP contribution in [0.1, 0.15) is 17.0 Å². The average Bonchev–Trinajstić information content (AvgIpc) is 3.16. The number of fused-ring (bicyclic) bond motifs is 1. The Balaban J connectivity index is 1.67. The Bertz CT molecular complexity index is 1270. The van der Waals surface area contributed by atoms with E-state index in [2.05, 4.69) is 32.0 Å². The molecule has 4 nitrogen and oxygen atoms in total. The number of benzene rings is 3. The molecule has 7 heteroatoms. The summed E-state index contributed by atoms with van der Waals surface area (Å²) in [5, 5.41) is 10.8. The highest BCUT2D eigenvalue weighted by molar-refractivity contribution is 9.10. The third-order valence-corrected chi connectivity index (χ3v) is 5.52. The minimum Gasteiger partial charge on any atom is -0.488 e. The predicted molar refractivity (Wildman–Crippen MR) is 125 cm³/mol. The molecular formula is C23H14BrCl2N3O. The van der Waals surface area contributed by atoms with Gasteiger partial charge in [0.25, 0.3) is 0 Å². The number of imidazole rings is 1. The minimum absolute atomic E-state index is 0.269. The van der Waals surface area contributed by atoms with Crippen LogP contribution in [0.4, 0.5) is 0 Å². The first-order valence-corrected chi connectivity index (χ1v) is 10.5. The maximum Gasteiger partial charge on any atom is 0.149 e. The number of para-hydroxylation sites is 2. The first-order chi connectivity index (χ1) is 14.5. The zero-order chi connectivity index (χ0) is 21.1. The number of H-pyrrole nitrogens is 1. The summed E-state index contributed by atoms with van der Waals surface area (Å²) < 4.78 is 6.87. The van der Waals surface area contributed by atoms with E-state index in [0.717, 1.165) is 26.6 Å². The van der Waals surface area contributed by atoms with Gasteiger partial charge in [0.05, 0.1) is 16.6 Å². The lowest BCUT2D eigenvalue weighted by molar-refractivity contribution is 0.305. The zero-order valence-electron chi connectivity index (χ0n) is 15.5. The molecule has 1 heterocycles. The third-order valence-electron chi connectivity index (χ3n) is 4.43. The fourth-order valence-electron chi connectivity index (χ4n) is 2.95. The first kappa shape index (κ1) is 20.5. The summed E-state index contributed by atoms with van der Waals surface area (Å²) in [5.41, 5.74) is 3.63. The quantitative estimate of drug-likeness (QED) is 0.294. The highest BCUT2D eigenvalue weighted by Gasteiger charge is 2.11. The highest BCUT2D eigenvalue weighted by Crippen LogP contribution is 2.29. The third kappa shape index (κ3) is 4.52. The molecule has 0 aliphatic carbocycles. The lowest BCUT2D eigenvalue weighted by Gasteiger charge is -2.11. The smallest absolute Gasteiger partial charge is 0.149 e. The van der Waals surface area contributed by atoms with Crippen LogP contribution >= 0.6 is 39.1 Å². The second-order valence-electron chi connectivity index (χ2n) is 6.48. The van der Waals surface area contributed by atoms with Gasteiger partial charge in [-0.3, -0.25) is 0 Å². The Morgan fingerprint density at radius 2 is 1.97 bits per heavy atom. The molecule has 0 saturated heterocycles. The molecule has 0 radical (unpaired) electrons. The van der Waals surface area contributed by atoms with E-state index in [1.165, 1.54) is 0 Å². The summed E-state index contributed by atoms with van der Waals surface area (Å²) in [4.78, 5) is 7.70. The molecule has 1 N–H and O–H groups in total. The fourth-order valence-corrected chi connectivity index (χ4v) is 3.79. The summed E-state index contributed by atoms with van der Waals surface area (Å²) in [6, 6.07) is 20.8. The van der Waals surface area contributed by atoms with Gasteiger partial charge in [-0.1, -0.05) is 57.3 Å². The molecule has 1 aromatic heterocycles. The van der Waals surface area contributed by atoms with Crippen molar-refractivity contribution in [2.75, 3.05) is 0 Å². The molecule has 0 saturated carbocycles. The molecule has 0 bridgehead atoms. The number of nitrogens with zero attached hydrogens (tertiary/aromatic N) is 2.